The normalized spacial score (nSPS) is 9.64. The molecular weight excluding hydrogens is 194 g/mol. The Morgan fingerprint density at radius 3 is 2.79 bits per heavy atom. The van der Waals surface area contributed by atoms with Crippen LogP contribution >= 0.6 is 11.3 Å². The molecule has 2 rings (SSSR count). The van der Waals surface area contributed by atoms with Gasteiger partial charge in [0.2, 0.25) is 0 Å². The number of nitrogens with zero attached hydrogens (tertiary/aromatic N) is 2. The number of rotatable bonds is 1. The van der Waals surface area contributed by atoms with Gasteiger partial charge in [0.25, 0.3) is 0 Å². The highest BCUT2D eigenvalue weighted by molar-refractivity contribution is 7.13. The second-order valence-electron chi connectivity index (χ2n) is 2.73. The Bertz CT molecular complexity index is 496. The van der Waals surface area contributed by atoms with E-state index >= 15 is 0 Å². The lowest BCUT2D eigenvalue weighted by molar-refractivity contribution is 1.39. The summed E-state index contributed by atoms with van der Waals surface area (Å²) in [5, 5.41) is 11.3. The lowest BCUT2D eigenvalue weighted by Crippen LogP contribution is -1.85. The third-order valence-electron chi connectivity index (χ3n) is 1.85. The highest BCUT2D eigenvalue weighted by Gasteiger charge is 2.06. The van der Waals surface area contributed by atoms with Crippen LogP contribution in [0.25, 0.3) is 11.3 Å². The van der Waals surface area contributed by atoms with Crippen LogP contribution in [-0.4, -0.2) is 4.98 Å². The number of benzene rings is 1. The largest absolute Gasteiger partial charge is 0.375 e. The second-order valence-corrected chi connectivity index (χ2v) is 3.62. The molecule has 0 spiro atoms. The van der Waals surface area contributed by atoms with Crippen LogP contribution in [-0.2, 0) is 0 Å². The molecule has 2 N–H and O–H groups in total. The summed E-state index contributed by atoms with van der Waals surface area (Å²) < 4.78 is 0. The fraction of sp³-hybridized carbons (Fsp3) is 0. The molecule has 0 aliphatic carbocycles. The van der Waals surface area contributed by atoms with Crippen molar-refractivity contribution in [2.24, 2.45) is 0 Å². The van der Waals surface area contributed by atoms with Gasteiger partial charge in [-0.3, -0.25) is 0 Å². The molecule has 68 valence electrons. The topological polar surface area (TPSA) is 62.7 Å². The van der Waals surface area contributed by atoms with E-state index in [0.717, 1.165) is 11.3 Å². The maximum Gasteiger partial charge on any atom is 0.180 e. The van der Waals surface area contributed by atoms with E-state index in [1.165, 1.54) is 11.3 Å². The predicted octanol–water partition coefficient (Wildman–Crippen LogP) is 2.26. The van der Waals surface area contributed by atoms with Gasteiger partial charge in [-0.05, 0) is 6.07 Å². The van der Waals surface area contributed by atoms with E-state index in [0.29, 0.717) is 10.7 Å². The fourth-order valence-electron chi connectivity index (χ4n) is 1.22. The molecule has 0 fully saturated rings. The zero-order chi connectivity index (χ0) is 9.97. The van der Waals surface area contributed by atoms with Gasteiger partial charge in [0.05, 0.1) is 17.3 Å². The molecule has 0 radical (unpaired) electrons. The van der Waals surface area contributed by atoms with Gasteiger partial charge >= 0.3 is 0 Å². The molecular formula is C10H7N3S. The van der Waals surface area contributed by atoms with Crippen molar-refractivity contribution in [2.75, 3.05) is 5.73 Å². The molecule has 0 atom stereocenters. The predicted molar refractivity (Wildman–Crippen MR) is 56.7 cm³/mol. The van der Waals surface area contributed by atoms with Gasteiger partial charge in [-0.1, -0.05) is 18.2 Å². The van der Waals surface area contributed by atoms with E-state index in [1.807, 2.05) is 23.6 Å². The zero-order valence-electron chi connectivity index (χ0n) is 7.27. The quantitative estimate of drug-likeness (QED) is 0.769. The molecule has 0 unspecified atom stereocenters. The molecule has 2 aromatic rings. The molecule has 0 bridgehead atoms. The van der Waals surface area contributed by atoms with Crippen LogP contribution in [0.1, 0.15) is 5.56 Å². The summed E-state index contributed by atoms with van der Waals surface area (Å²) in [6.45, 7) is 0. The average molecular weight is 201 g/mol. The van der Waals surface area contributed by atoms with Crippen molar-refractivity contribution >= 4 is 16.5 Å². The summed E-state index contributed by atoms with van der Waals surface area (Å²) in [6.07, 6.45) is 0. The Hall–Kier alpha value is -1.86. The summed E-state index contributed by atoms with van der Waals surface area (Å²) in [6, 6.07) is 9.48. The van der Waals surface area contributed by atoms with Crippen molar-refractivity contribution in [1.29, 1.82) is 5.26 Å². The van der Waals surface area contributed by atoms with Gasteiger partial charge in [0.1, 0.15) is 0 Å². The van der Waals surface area contributed by atoms with Crippen LogP contribution in [0.5, 0.6) is 0 Å². The van der Waals surface area contributed by atoms with Crippen molar-refractivity contribution in [3.05, 3.63) is 35.2 Å². The molecule has 0 amide bonds. The molecule has 3 nitrogen and oxygen atoms in total. The number of nitrogen functional groups attached to an aromatic ring is 1. The first-order valence-electron chi connectivity index (χ1n) is 4.02. The Morgan fingerprint density at radius 2 is 2.14 bits per heavy atom. The highest BCUT2D eigenvalue weighted by atomic mass is 32.1. The number of nitrogens with two attached hydrogens (primary N) is 1. The SMILES string of the molecule is N#Cc1ccccc1-c1csc(N)n1. The molecule has 1 aromatic carbocycles. The van der Waals surface area contributed by atoms with Crippen molar-refractivity contribution in [3.63, 3.8) is 0 Å². The third-order valence-corrected chi connectivity index (χ3v) is 2.52. The Morgan fingerprint density at radius 1 is 1.36 bits per heavy atom. The Labute approximate surface area is 85.4 Å². The lowest BCUT2D eigenvalue weighted by Gasteiger charge is -1.97. The number of aromatic nitrogens is 1. The number of thiazole rings is 1. The summed E-state index contributed by atoms with van der Waals surface area (Å²) in [5.74, 6) is 0. The van der Waals surface area contributed by atoms with Gasteiger partial charge < -0.3 is 5.73 Å². The fourth-order valence-corrected chi connectivity index (χ4v) is 1.78. The maximum atomic E-state index is 8.88. The third kappa shape index (κ3) is 1.45. The highest BCUT2D eigenvalue weighted by Crippen LogP contribution is 2.25. The van der Waals surface area contributed by atoms with Crippen molar-refractivity contribution in [3.8, 4) is 17.3 Å². The first-order valence-corrected chi connectivity index (χ1v) is 4.90. The van der Waals surface area contributed by atoms with Gasteiger partial charge in [-0.2, -0.15) is 5.26 Å². The molecule has 14 heavy (non-hydrogen) atoms. The first-order chi connectivity index (χ1) is 6.81. The lowest BCUT2D eigenvalue weighted by atomic mass is 10.1. The maximum absolute atomic E-state index is 8.88. The summed E-state index contributed by atoms with van der Waals surface area (Å²) in [7, 11) is 0. The standard InChI is InChI=1S/C10H7N3S/c11-5-7-3-1-2-4-8(7)9-6-14-10(12)13-9/h1-4,6H,(H2,12,13). The average Bonchev–Trinajstić information content (AvgIpc) is 2.65. The van der Waals surface area contributed by atoms with E-state index < -0.39 is 0 Å². The number of anilines is 1. The zero-order valence-corrected chi connectivity index (χ0v) is 8.08. The van der Waals surface area contributed by atoms with E-state index in [2.05, 4.69) is 11.1 Å². The molecule has 0 saturated carbocycles. The minimum Gasteiger partial charge on any atom is -0.375 e. The van der Waals surface area contributed by atoms with Crippen LogP contribution in [0.15, 0.2) is 29.6 Å². The van der Waals surface area contributed by atoms with Gasteiger partial charge in [0, 0.05) is 10.9 Å². The van der Waals surface area contributed by atoms with Crippen LogP contribution < -0.4 is 5.73 Å². The van der Waals surface area contributed by atoms with E-state index in [-0.39, 0.29) is 0 Å². The van der Waals surface area contributed by atoms with Gasteiger partial charge in [-0.15, -0.1) is 11.3 Å². The first kappa shape index (κ1) is 8.73. The molecule has 1 aromatic heterocycles. The molecule has 0 saturated heterocycles. The summed E-state index contributed by atoms with van der Waals surface area (Å²) in [4.78, 5) is 4.13. The smallest absolute Gasteiger partial charge is 0.180 e. The van der Waals surface area contributed by atoms with E-state index in [9.17, 15) is 0 Å². The monoisotopic (exact) mass is 201 g/mol. The summed E-state index contributed by atoms with van der Waals surface area (Å²) in [5.41, 5.74) is 7.76. The van der Waals surface area contributed by atoms with Crippen LogP contribution in [0.2, 0.25) is 0 Å². The van der Waals surface area contributed by atoms with Crippen molar-refractivity contribution in [1.82, 2.24) is 4.98 Å². The number of hydrogen-bond acceptors (Lipinski definition) is 4. The minimum absolute atomic E-state index is 0.521. The molecule has 0 aliphatic rings. The van der Waals surface area contributed by atoms with Crippen molar-refractivity contribution in [2.45, 2.75) is 0 Å². The number of nitriles is 1. The van der Waals surface area contributed by atoms with Crippen LogP contribution in [0.4, 0.5) is 5.13 Å². The van der Waals surface area contributed by atoms with E-state index in [1.54, 1.807) is 6.07 Å². The minimum atomic E-state index is 0.521. The Kier molecular flexibility index (Phi) is 2.17. The Balaban J connectivity index is 2.57. The number of hydrogen-bond donors (Lipinski definition) is 1. The molecule has 1 heterocycles. The van der Waals surface area contributed by atoms with E-state index in [4.69, 9.17) is 11.0 Å². The van der Waals surface area contributed by atoms with Gasteiger partial charge in [-0.25, -0.2) is 4.98 Å². The second kappa shape index (κ2) is 3.48. The summed E-state index contributed by atoms with van der Waals surface area (Å²) >= 11 is 1.38. The van der Waals surface area contributed by atoms with Crippen molar-refractivity contribution < 1.29 is 0 Å². The molecule has 4 heteroatoms. The van der Waals surface area contributed by atoms with Crippen LogP contribution in [0.3, 0.4) is 0 Å². The molecule has 0 aliphatic heterocycles. The van der Waals surface area contributed by atoms with Crippen LogP contribution in [0, 0.1) is 11.3 Å². The van der Waals surface area contributed by atoms with Gasteiger partial charge in [0.15, 0.2) is 5.13 Å².